The van der Waals surface area contributed by atoms with E-state index in [-0.39, 0.29) is 22.5 Å². The summed E-state index contributed by atoms with van der Waals surface area (Å²) in [5.41, 5.74) is 5.28. The topological polar surface area (TPSA) is 63.8 Å². The van der Waals surface area contributed by atoms with Gasteiger partial charge in [0.2, 0.25) is 5.95 Å². The number of nitrogens with two attached hydrogens (primary N) is 1. The quantitative estimate of drug-likeness (QED) is 0.867. The van der Waals surface area contributed by atoms with Crippen molar-refractivity contribution in [3.8, 4) is 0 Å². The molecule has 1 heterocycles. The van der Waals surface area contributed by atoms with Gasteiger partial charge in [-0.05, 0) is 12.1 Å². The van der Waals surface area contributed by atoms with E-state index in [2.05, 4.69) is 15.3 Å². The molecule has 2 aromatic rings. The lowest BCUT2D eigenvalue weighted by molar-refractivity contribution is 0.511. The number of anilines is 3. The summed E-state index contributed by atoms with van der Waals surface area (Å²) in [7, 11) is 0. The fourth-order valence-electron chi connectivity index (χ4n) is 1.20. The van der Waals surface area contributed by atoms with Crippen molar-refractivity contribution in [1.82, 2.24) is 9.97 Å². The molecule has 0 fully saturated rings. The summed E-state index contributed by atoms with van der Waals surface area (Å²) >= 11 is 5.78. The summed E-state index contributed by atoms with van der Waals surface area (Å²) < 4.78 is 26.3. The molecule has 0 aliphatic rings. The van der Waals surface area contributed by atoms with E-state index in [0.29, 0.717) is 0 Å². The van der Waals surface area contributed by atoms with Crippen LogP contribution in [-0.2, 0) is 0 Å². The van der Waals surface area contributed by atoms with Crippen LogP contribution in [0.5, 0.6) is 0 Å². The summed E-state index contributed by atoms with van der Waals surface area (Å²) in [5.74, 6) is -1.88. The molecule has 0 atom stereocenters. The van der Waals surface area contributed by atoms with Gasteiger partial charge in [-0.3, -0.25) is 0 Å². The molecule has 0 unspecified atom stereocenters. The van der Waals surface area contributed by atoms with Gasteiger partial charge in [0.25, 0.3) is 0 Å². The molecule has 0 aliphatic carbocycles. The van der Waals surface area contributed by atoms with Gasteiger partial charge >= 0.3 is 0 Å². The number of nitrogen functional groups attached to an aromatic ring is 1. The third kappa shape index (κ3) is 2.42. The van der Waals surface area contributed by atoms with Gasteiger partial charge in [0.1, 0.15) is 5.02 Å². The zero-order valence-corrected chi connectivity index (χ0v) is 9.17. The van der Waals surface area contributed by atoms with Gasteiger partial charge in [-0.1, -0.05) is 17.7 Å². The van der Waals surface area contributed by atoms with E-state index in [9.17, 15) is 8.78 Å². The molecule has 0 aliphatic heterocycles. The van der Waals surface area contributed by atoms with Gasteiger partial charge in [0.05, 0.1) is 11.9 Å². The molecule has 0 amide bonds. The Balaban J connectivity index is 2.38. The zero-order valence-electron chi connectivity index (χ0n) is 8.42. The Morgan fingerprint density at radius 3 is 2.82 bits per heavy atom. The first kappa shape index (κ1) is 11.5. The third-order valence-corrected chi connectivity index (χ3v) is 2.24. The lowest BCUT2D eigenvalue weighted by atomic mass is 10.3. The van der Waals surface area contributed by atoms with Crippen LogP contribution in [0.1, 0.15) is 0 Å². The van der Waals surface area contributed by atoms with Crippen molar-refractivity contribution in [3.05, 3.63) is 41.1 Å². The van der Waals surface area contributed by atoms with E-state index < -0.39 is 11.6 Å². The minimum absolute atomic E-state index is 0.0197. The monoisotopic (exact) mass is 256 g/mol. The summed E-state index contributed by atoms with van der Waals surface area (Å²) in [5, 5.41) is 2.70. The van der Waals surface area contributed by atoms with Crippen molar-refractivity contribution in [2.75, 3.05) is 11.1 Å². The van der Waals surface area contributed by atoms with Crippen LogP contribution in [0.25, 0.3) is 0 Å². The fourth-order valence-corrected chi connectivity index (χ4v) is 1.33. The molecule has 2 rings (SSSR count). The van der Waals surface area contributed by atoms with E-state index >= 15 is 0 Å². The molecule has 4 nitrogen and oxygen atoms in total. The van der Waals surface area contributed by atoms with Crippen LogP contribution in [0.3, 0.4) is 0 Å². The molecule has 0 spiro atoms. The maximum atomic E-state index is 13.4. The molecule has 1 aromatic heterocycles. The van der Waals surface area contributed by atoms with Crippen molar-refractivity contribution in [2.24, 2.45) is 0 Å². The predicted octanol–water partition coefficient (Wildman–Crippen LogP) is 2.73. The highest BCUT2D eigenvalue weighted by molar-refractivity contribution is 6.32. The smallest absolute Gasteiger partial charge is 0.222 e. The van der Waals surface area contributed by atoms with Crippen LogP contribution in [0, 0.1) is 11.6 Å². The molecule has 0 radical (unpaired) electrons. The van der Waals surface area contributed by atoms with Crippen molar-refractivity contribution < 1.29 is 8.78 Å². The minimum atomic E-state index is -1.01. The Morgan fingerprint density at radius 2 is 2.06 bits per heavy atom. The van der Waals surface area contributed by atoms with Crippen molar-refractivity contribution in [2.45, 2.75) is 0 Å². The molecule has 88 valence electrons. The van der Waals surface area contributed by atoms with Gasteiger partial charge in [0, 0.05) is 0 Å². The van der Waals surface area contributed by atoms with E-state index in [0.717, 1.165) is 6.07 Å². The third-order valence-electron chi connectivity index (χ3n) is 1.97. The Kier molecular flexibility index (Phi) is 3.06. The highest BCUT2D eigenvalue weighted by Gasteiger charge is 2.10. The first-order chi connectivity index (χ1) is 8.08. The van der Waals surface area contributed by atoms with Crippen LogP contribution in [0.15, 0.2) is 24.4 Å². The second kappa shape index (κ2) is 4.50. The number of hydrogen-bond donors (Lipinski definition) is 2. The SMILES string of the molecule is Nc1ncc(Cl)c(Nc2cccc(F)c2F)n1. The van der Waals surface area contributed by atoms with Gasteiger partial charge in [-0.25, -0.2) is 13.8 Å². The molecule has 17 heavy (non-hydrogen) atoms. The Labute approximate surface area is 100 Å². The fraction of sp³-hybridized carbons (Fsp3) is 0. The average molecular weight is 257 g/mol. The number of rotatable bonds is 2. The number of nitrogens with zero attached hydrogens (tertiary/aromatic N) is 2. The van der Waals surface area contributed by atoms with Crippen molar-refractivity contribution in [1.29, 1.82) is 0 Å². The van der Waals surface area contributed by atoms with Crippen LogP contribution >= 0.6 is 11.6 Å². The number of nitrogens with one attached hydrogen (secondary N) is 1. The van der Waals surface area contributed by atoms with Crippen LogP contribution < -0.4 is 11.1 Å². The second-order valence-electron chi connectivity index (χ2n) is 3.15. The van der Waals surface area contributed by atoms with Crippen LogP contribution in [-0.4, -0.2) is 9.97 Å². The van der Waals surface area contributed by atoms with Crippen molar-refractivity contribution >= 4 is 29.1 Å². The van der Waals surface area contributed by atoms with Gasteiger partial charge in [0.15, 0.2) is 17.5 Å². The van der Waals surface area contributed by atoms with Gasteiger partial charge < -0.3 is 11.1 Å². The summed E-state index contributed by atoms with van der Waals surface area (Å²) in [6.45, 7) is 0. The molecule has 0 saturated heterocycles. The van der Waals surface area contributed by atoms with E-state index in [1.54, 1.807) is 0 Å². The largest absolute Gasteiger partial charge is 0.368 e. The summed E-state index contributed by atoms with van der Waals surface area (Å²) in [6.07, 6.45) is 1.27. The van der Waals surface area contributed by atoms with Crippen molar-refractivity contribution in [3.63, 3.8) is 0 Å². The predicted molar refractivity (Wildman–Crippen MR) is 61.1 cm³/mol. The summed E-state index contributed by atoms with van der Waals surface area (Å²) in [4.78, 5) is 7.42. The number of hydrogen-bond acceptors (Lipinski definition) is 4. The van der Waals surface area contributed by atoms with E-state index in [1.807, 2.05) is 0 Å². The molecule has 1 aromatic carbocycles. The molecular formula is C10H7ClF2N4. The molecule has 0 bridgehead atoms. The molecule has 7 heteroatoms. The zero-order chi connectivity index (χ0) is 12.4. The normalized spacial score (nSPS) is 10.3. The average Bonchev–Trinajstić information content (AvgIpc) is 2.30. The maximum Gasteiger partial charge on any atom is 0.222 e. The van der Waals surface area contributed by atoms with Gasteiger partial charge in [-0.15, -0.1) is 0 Å². The number of benzene rings is 1. The van der Waals surface area contributed by atoms with E-state index in [1.165, 1.54) is 18.3 Å². The lowest BCUT2D eigenvalue weighted by Crippen LogP contribution is -2.02. The van der Waals surface area contributed by atoms with E-state index in [4.69, 9.17) is 17.3 Å². The highest BCUT2D eigenvalue weighted by atomic mass is 35.5. The molecule has 0 saturated carbocycles. The maximum absolute atomic E-state index is 13.4. The minimum Gasteiger partial charge on any atom is -0.368 e. The first-order valence-electron chi connectivity index (χ1n) is 4.57. The second-order valence-corrected chi connectivity index (χ2v) is 3.56. The lowest BCUT2D eigenvalue weighted by Gasteiger charge is -2.08. The Hall–Kier alpha value is -1.95. The Morgan fingerprint density at radius 1 is 1.29 bits per heavy atom. The van der Waals surface area contributed by atoms with Crippen LogP contribution in [0.4, 0.5) is 26.2 Å². The standard InChI is InChI=1S/C10H7ClF2N4/c11-5-4-15-10(14)17-9(5)16-7-3-1-2-6(12)8(7)13/h1-4H,(H3,14,15,16,17). The number of halogens is 3. The van der Waals surface area contributed by atoms with Crippen LogP contribution in [0.2, 0.25) is 5.02 Å². The first-order valence-corrected chi connectivity index (χ1v) is 4.95. The van der Waals surface area contributed by atoms with Gasteiger partial charge in [-0.2, -0.15) is 4.98 Å². The summed E-state index contributed by atoms with van der Waals surface area (Å²) in [6, 6.07) is 3.72. The Bertz CT molecular complexity index is 562. The molecule has 3 N–H and O–H groups in total. The highest BCUT2D eigenvalue weighted by Crippen LogP contribution is 2.25. The number of aromatic nitrogens is 2. The molecular weight excluding hydrogens is 250 g/mol.